The lowest BCUT2D eigenvalue weighted by Crippen LogP contribution is -2.39. The summed E-state index contributed by atoms with van der Waals surface area (Å²) in [7, 11) is 0. The Labute approximate surface area is 165 Å². The average molecular weight is 378 g/mol. The molecule has 1 aliphatic rings. The molecule has 0 saturated carbocycles. The van der Waals surface area contributed by atoms with Gasteiger partial charge in [-0.1, -0.05) is 56.8 Å². The molecule has 3 aromatic rings. The Bertz CT molecular complexity index is 971. The number of hydrogen-bond acceptors (Lipinski definition) is 5. The van der Waals surface area contributed by atoms with E-state index in [2.05, 4.69) is 42.6 Å². The van der Waals surface area contributed by atoms with E-state index in [4.69, 9.17) is 15.2 Å². The molecule has 4 rings (SSSR count). The van der Waals surface area contributed by atoms with Crippen molar-refractivity contribution in [2.45, 2.75) is 44.7 Å². The van der Waals surface area contributed by atoms with Gasteiger partial charge in [0.05, 0.1) is 18.4 Å². The lowest BCUT2D eigenvalue weighted by Gasteiger charge is -2.32. The number of hydrogen-bond donors (Lipinski definition) is 1. The third-order valence-electron chi connectivity index (χ3n) is 5.69. The molecule has 1 aromatic carbocycles. The summed E-state index contributed by atoms with van der Waals surface area (Å²) < 4.78 is 14.8. The fourth-order valence-electron chi connectivity index (χ4n) is 4.22. The van der Waals surface area contributed by atoms with E-state index in [1.807, 2.05) is 36.4 Å². The van der Waals surface area contributed by atoms with Gasteiger partial charge in [0, 0.05) is 5.92 Å². The van der Waals surface area contributed by atoms with Crippen LogP contribution in [0.3, 0.4) is 0 Å². The smallest absolute Gasteiger partial charge is 0.155 e. The minimum Gasteiger partial charge on any atom is -0.382 e. The van der Waals surface area contributed by atoms with Crippen molar-refractivity contribution in [2.24, 2.45) is 5.92 Å². The largest absolute Gasteiger partial charge is 0.382 e. The van der Waals surface area contributed by atoms with E-state index in [1.165, 1.54) is 6.33 Å². The van der Waals surface area contributed by atoms with Crippen molar-refractivity contribution in [3.63, 3.8) is 0 Å². The topological polar surface area (TPSA) is 74.7 Å². The second kappa shape index (κ2) is 7.37. The third kappa shape index (κ3) is 2.89. The zero-order valence-electron chi connectivity index (χ0n) is 16.3. The first kappa shape index (κ1) is 18.7. The molecule has 2 aromatic heterocycles. The number of nitrogen functional groups attached to an aromatic ring is 1. The van der Waals surface area contributed by atoms with E-state index in [9.17, 15) is 0 Å². The zero-order valence-corrected chi connectivity index (χ0v) is 16.3. The number of nitrogens with two attached hydrogens (primary N) is 1. The molecule has 2 N–H and O–H groups in total. The summed E-state index contributed by atoms with van der Waals surface area (Å²) in [6, 6.07) is 14.1. The van der Waals surface area contributed by atoms with Crippen LogP contribution in [-0.2, 0) is 21.7 Å². The summed E-state index contributed by atoms with van der Waals surface area (Å²) >= 11 is 0. The van der Waals surface area contributed by atoms with Gasteiger partial charge in [-0.05, 0) is 24.1 Å². The van der Waals surface area contributed by atoms with Crippen LogP contribution >= 0.6 is 0 Å². The molecular weight excluding hydrogens is 352 g/mol. The molecule has 0 aliphatic carbocycles. The van der Waals surface area contributed by atoms with Gasteiger partial charge in [-0.2, -0.15) is 5.10 Å². The van der Waals surface area contributed by atoms with Crippen LogP contribution < -0.4 is 5.73 Å². The first-order chi connectivity index (χ1) is 13.6. The molecule has 28 heavy (non-hydrogen) atoms. The van der Waals surface area contributed by atoms with E-state index < -0.39 is 5.60 Å². The Morgan fingerprint density at radius 3 is 2.79 bits per heavy atom. The van der Waals surface area contributed by atoms with Crippen LogP contribution in [0.5, 0.6) is 0 Å². The Hall–Kier alpha value is -2.70. The van der Waals surface area contributed by atoms with Crippen molar-refractivity contribution < 1.29 is 9.47 Å². The number of ether oxygens (including phenoxy) is 2. The highest BCUT2D eigenvalue weighted by atomic mass is 16.6. The number of anilines is 1. The molecule has 3 heterocycles. The number of aromatic nitrogens is 3. The summed E-state index contributed by atoms with van der Waals surface area (Å²) in [5.74, 6) is 0.622. The Kier molecular flexibility index (Phi) is 4.91. The minimum absolute atomic E-state index is 0.0588. The van der Waals surface area contributed by atoms with Crippen LogP contribution in [0.2, 0.25) is 0 Å². The Balaban J connectivity index is 1.76. The third-order valence-corrected chi connectivity index (χ3v) is 5.69. The maximum absolute atomic E-state index is 6.59. The van der Waals surface area contributed by atoms with Crippen molar-refractivity contribution in [2.75, 3.05) is 5.73 Å². The minimum atomic E-state index is -0.817. The van der Waals surface area contributed by atoms with Crippen LogP contribution in [0.25, 0.3) is 5.52 Å². The van der Waals surface area contributed by atoms with Gasteiger partial charge in [-0.3, -0.25) is 0 Å². The van der Waals surface area contributed by atoms with Crippen molar-refractivity contribution in [3.8, 4) is 0 Å². The highest BCUT2D eigenvalue weighted by Gasteiger charge is 2.54. The lowest BCUT2D eigenvalue weighted by atomic mass is 9.86. The van der Waals surface area contributed by atoms with E-state index >= 15 is 0 Å². The van der Waals surface area contributed by atoms with Crippen molar-refractivity contribution in [1.29, 1.82) is 0 Å². The number of benzene rings is 1. The van der Waals surface area contributed by atoms with Gasteiger partial charge in [0.2, 0.25) is 0 Å². The predicted octanol–water partition coefficient (Wildman–Crippen LogP) is 3.72. The van der Waals surface area contributed by atoms with Crippen LogP contribution in [0, 0.1) is 5.92 Å². The van der Waals surface area contributed by atoms with Crippen LogP contribution in [0.1, 0.15) is 31.5 Å². The molecule has 0 unspecified atom stereocenters. The van der Waals surface area contributed by atoms with Gasteiger partial charge in [0.25, 0.3) is 0 Å². The van der Waals surface area contributed by atoms with Gasteiger partial charge in [0.15, 0.2) is 11.4 Å². The highest BCUT2D eigenvalue weighted by molar-refractivity contribution is 5.66. The number of rotatable bonds is 6. The molecule has 1 aliphatic heterocycles. The van der Waals surface area contributed by atoms with Gasteiger partial charge < -0.3 is 15.2 Å². The molecule has 0 amide bonds. The molecule has 6 nitrogen and oxygen atoms in total. The molecule has 0 radical (unpaired) electrons. The van der Waals surface area contributed by atoms with E-state index in [0.717, 1.165) is 23.2 Å². The number of fused-ring (bicyclic) bond motifs is 1. The summed E-state index contributed by atoms with van der Waals surface area (Å²) in [4.78, 5) is 4.08. The van der Waals surface area contributed by atoms with Crippen LogP contribution in [0.4, 0.5) is 5.82 Å². The lowest BCUT2D eigenvalue weighted by molar-refractivity contribution is -0.0865. The standard InChI is InChI=1S/C22H26N4O2/c1-4-18-15(3)20(27-13-16-9-7-6-8-10-16)22(5-2,28-18)19-12-11-17-21(23)24-14-25-26(17)19/h5-12,14-15,18,20H,2,4,13H2,1,3H3,(H2,23,24,25)/t15-,18-,20-,22+/m1/s1. The normalized spacial score (nSPS) is 27.3. The van der Waals surface area contributed by atoms with Crippen LogP contribution in [0.15, 0.2) is 61.4 Å². The molecular formula is C22H26N4O2. The van der Waals surface area contributed by atoms with E-state index in [0.29, 0.717) is 12.4 Å². The molecule has 6 heteroatoms. The predicted molar refractivity (Wildman–Crippen MR) is 109 cm³/mol. The molecule has 0 spiro atoms. The molecule has 1 saturated heterocycles. The fourth-order valence-corrected chi connectivity index (χ4v) is 4.22. The fraction of sp³-hybridized carbons (Fsp3) is 0.364. The van der Waals surface area contributed by atoms with E-state index in [1.54, 1.807) is 4.52 Å². The zero-order chi connectivity index (χ0) is 19.7. The molecule has 4 atom stereocenters. The summed E-state index contributed by atoms with van der Waals surface area (Å²) in [5.41, 5.74) is 7.94. The second-order valence-electron chi connectivity index (χ2n) is 7.30. The van der Waals surface area contributed by atoms with E-state index in [-0.39, 0.29) is 18.1 Å². The Morgan fingerprint density at radius 1 is 1.29 bits per heavy atom. The van der Waals surface area contributed by atoms with Gasteiger partial charge in [-0.15, -0.1) is 0 Å². The van der Waals surface area contributed by atoms with Gasteiger partial charge in [0.1, 0.15) is 17.9 Å². The molecule has 0 bridgehead atoms. The Morgan fingerprint density at radius 2 is 2.07 bits per heavy atom. The van der Waals surface area contributed by atoms with Gasteiger partial charge >= 0.3 is 0 Å². The van der Waals surface area contributed by atoms with Gasteiger partial charge in [-0.25, -0.2) is 9.50 Å². The molecule has 1 fully saturated rings. The number of nitrogens with zero attached hydrogens (tertiary/aromatic N) is 3. The monoisotopic (exact) mass is 378 g/mol. The maximum atomic E-state index is 6.59. The first-order valence-electron chi connectivity index (χ1n) is 9.66. The summed E-state index contributed by atoms with van der Waals surface area (Å²) in [6.07, 6.45) is 4.04. The van der Waals surface area contributed by atoms with Crippen molar-refractivity contribution >= 4 is 11.3 Å². The average Bonchev–Trinajstić information content (AvgIpc) is 3.28. The quantitative estimate of drug-likeness (QED) is 0.662. The van der Waals surface area contributed by atoms with Crippen molar-refractivity contribution in [3.05, 3.63) is 72.7 Å². The summed E-state index contributed by atoms with van der Waals surface area (Å²) in [6.45, 7) is 8.93. The highest BCUT2D eigenvalue weighted by Crippen LogP contribution is 2.47. The molecule has 146 valence electrons. The SMILES string of the molecule is C=C[C@@]1(c2ccc3c(N)ncnn23)O[C@H](CC)[C@@H](C)[C@H]1OCc1ccccc1. The van der Waals surface area contributed by atoms with Crippen molar-refractivity contribution in [1.82, 2.24) is 14.6 Å². The van der Waals surface area contributed by atoms with Crippen LogP contribution in [-0.4, -0.2) is 26.8 Å². The second-order valence-corrected chi connectivity index (χ2v) is 7.30. The maximum Gasteiger partial charge on any atom is 0.155 e. The first-order valence-corrected chi connectivity index (χ1v) is 9.66. The summed E-state index contributed by atoms with van der Waals surface area (Å²) in [5, 5.41) is 4.41.